The van der Waals surface area contributed by atoms with Gasteiger partial charge >= 0.3 is 6.03 Å². The topological polar surface area (TPSA) is 85.9 Å². The molecule has 0 radical (unpaired) electrons. The minimum atomic E-state index is -0.248. The summed E-state index contributed by atoms with van der Waals surface area (Å²) in [6, 6.07) is 19.3. The van der Waals surface area contributed by atoms with E-state index in [0.717, 1.165) is 47.7 Å². The van der Waals surface area contributed by atoms with E-state index in [-0.39, 0.29) is 10.3 Å². The van der Waals surface area contributed by atoms with Crippen LogP contribution >= 0.6 is 0 Å². The first kappa shape index (κ1) is 18.2. The summed E-state index contributed by atoms with van der Waals surface area (Å²) in [6.45, 7) is 1.82. The minimum absolute atomic E-state index is 0. The molecule has 3 heterocycles. The third kappa shape index (κ3) is 3.69. The van der Waals surface area contributed by atoms with Crippen molar-refractivity contribution in [3.05, 3.63) is 78.8 Å². The molecule has 1 aliphatic heterocycles. The molecule has 0 spiro atoms. The number of fused-ring (bicyclic) bond motifs is 1. The van der Waals surface area contributed by atoms with E-state index in [0.29, 0.717) is 5.92 Å². The van der Waals surface area contributed by atoms with Gasteiger partial charge in [0.15, 0.2) is 0 Å². The Bertz CT molecular complexity index is 1190. The lowest BCUT2D eigenvalue weighted by Gasteiger charge is -2.18. The van der Waals surface area contributed by atoms with E-state index >= 15 is 0 Å². The molecule has 1 saturated heterocycles. The fraction of sp³-hybridized carbons (Fsp3) is 0.174. The molecule has 4 aromatic rings. The largest absolute Gasteiger partial charge is 0.355 e. The van der Waals surface area contributed by atoms with Crippen molar-refractivity contribution in [1.82, 2.24) is 15.0 Å². The Labute approximate surface area is 178 Å². The molecule has 0 saturated carbocycles. The molecule has 3 N–H and O–H groups in total. The average molecular weight is 405 g/mol. The summed E-state index contributed by atoms with van der Waals surface area (Å²) in [5, 5.41) is 6.82. The van der Waals surface area contributed by atoms with Crippen LogP contribution in [0.25, 0.3) is 11.0 Å². The highest BCUT2D eigenvalue weighted by Crippen LogP contribution is 2.33. The number of nitrogens with one attached hydrogen (secondary N) is 3. The Morgan fingerprint density at radius 2 is 1.87 bits per heavy atom. The number of carbonyl (C=O) groups is 1. The van der Waals surface area contributed by atoms with Crippen LogP contribution in [-0.4, -0.2) is 34.1 Å². The van der Waals surface area contributed by atoms with Gasteiger partial charge < -0.3 is 20.5 Å². The lowest BCUT2D eigenvalue weighted by Crippen LogP contribution is -2.21. The van der Waals surface area contributed by atoms with Crippen molar-refractivity contribution < 1.29 is 9.07 Å². The summed E-state index contributed by atoms with van der Waals surface area (Å²) < 4.78 is 0. The lowest BCUT2D eigenvalue weighted by atomic mass is 9.98. The number of nitrogens with zero attached hydrogens (tertiary/aromatic N) is 3. The smallest absolute Gasteiger partial charge is 0.323 e. The zero-order valence-corrected chi connectivity index (χ0v) is 16.4. The highest BCUT2D eigenvalue weighted by molar-refractivity contribution is 5.99. The van der Waals surface area contributed by atoms with E-state index in [1.807, 2.05) is 54.7 Å². The molecule has 7 heteroatoms. The molecule has 1 atom stereocenters. The maximum absolute atomic E-state index is 12.3. The zero-order chi connectivity index (χ0) is 20.3. The number of hydrogen-bond donors (Lipinski definition) is 3. The maximum Gasteiger partial charge on any atom is 0.323 e. The van der Waals surface area contributed by atoms with Crippen LogP contribution in [0, 0.1) is 0 Å². The molecule has 7 nitrogen and oxygen atoms in total. The molecule has 2 aromatic carbocycles. The Morgan fingerprint density at radius 1 is 1.03 bits per heavy atom. The first-order valence-electron chi connectivity index (χ1n) is 10.0. The standard InChI is InChI=1S/C23H22N6O.3H2/c30-23(27-18-6-2-1-3-7-18)28-19-8-4-5-16(13-19)17-10-12-29(14-17)22-20-9-11-24-21(20)25-15-26-22;;;/h1-9,11,13,15,17H,10,12,14H2,(H,24,25,26)(H2,27,28,30);3*1H. The molecule has 2 amide bonds. The molecule has 1 unspecified atom stereocenters. The Balaban J connectivity index is 0.00000128. The van der Waals surface area contributed by atoms with Crippen LogP contribution in [-0.2, 0) is 0 Å². The summed E-state index contributed by atoms with van der Waals surface area (Å²) in [6.07, 6.45) is 4.54. The van der Waals surface area contributed by atoms with Gasteiger partial charge in [0.05, 0.1) is 5.39 Å². The number of aromatic nitrogens is 3. The van der Waals surface area contributed by atoms with Gasteiger partial charge in [-0.1, -0.05) is 30.3 Å². The normalized spacial score (nSPS) is 16.0. The van der Waals surface area contributed by atoms with Crippen LogP contribution < -0.4 is 15.5 Å². The van der Waals surface area contributed by atoms with Crippen LogP contribution in [0.3, 0.4) is 0 Å². The predicted molar refractivity (Wildman–Crippen MR) is 125 cm³/mol. The first-order valence-corrected chi connectivity index (χ1v) is 10.0. The molecule has 1 fully saturated rings. The van der Waals surface area contributed by atoms with E-state index < -0.39 is 0 Å². The minimum Gasteiger partial charge on any atom is -0.355 e. The van der Waals surface area contributed by atoms with Gasteiger partial charge in [0.1, 0.15) is 17.8 Å². The van der Waals surface area contributed by atoms with Crippen molar-refractivity contribution in [3.63, 3.8) is 0 Å². The monoisotopic (exact) mass is 404 g/mol. The molecule has 156 valence electrons. The van der Waals surface area contributed by atoms with Crippen LogP contribution in [0.1, 0.15) is 22.2 Å². The number of H-pyrrole nitrogens is 1. The molecule has 0 aliphatic carbocycles. The number of aromatic amines is 1. The second-order valence-corrected chi connectivity index (χ2v) is 7.44. The molecular weight excluding hydrogens is 376 g/mol. The number of urea groups is 1. The number of benzene rings is 2. The average Bonchev–Trinajstić information content (AvgIpc) is 3.44. The highest BCUT2D eigenvalue weighted by atomic mass is 16.2. The Hall–Kier alpha value is -3.87. The Morgan fingerprint density at radius 3 is 2.77 bits per heavy atom. The number of anilines is 3. The summed E-state index contributed by atoms with van der Waals surface area (Å²) in [5.74, 6) is 1.35. The van der Waals surface area contributed by atoms with Crippen molar-refractivity contribution in [3.8, 4) is 0 Å². The SMILES string of the molecule is O=C(Nc1ccccc1)Nc1cccc(C2CCN(c3ncnc4[nH]ccc34)C2)c1.[HH].[HH].[HH]. The third-order valence-electron chi connectivity index (χ3n) is 5.47. The molecule has 30 heavy (non-hydrogen) atoms. The fourth-order valence-corrected chi connectivity index (χ4v) is 4.02. The van der Waals surface area contributed by atoms with Crippen LogP contribution in [0.15, 0.2) is 73.2 Å². The van der Waals surface area contributed by atoms with Crippen LogP contribution in [0.2, 0.25) is 0 Å². The number of rotatable bonds is 4. The van der Waals surface area contributed by atoms with E-state index in [2.05, 4.69) is 42.6 Å². The van der Waals surface area contributed by atoms with E-state index in [1.54, 1.807) is 6.33 Å². The van der Waals surface area contributed by atoms with Gasteiger partial charge in [-0.2, -0.15) is 0 Å². The summed E-state index contributed by atoms with van der Waals surface area (Å²) in [7, 11) is 0. The second-order valence-electron chi connectivity index (χ2n) is 7.44. The van der Waals surface area contributed by atoms with Crippen molar-refractivity contribution in [2.45, 2.75) is 12.3 Å². The van der Waals surface area contributed by atoms with Gasteiger partial charge in [-0.3, -0.25) is 0 Å². The number of hydrogen-bond acceptors (Lipinski definition) is 4. The van der Waals surface area contributed by atoms with Gasteiger partial charge in [0.2, 0.25) is 0 Å². The lowest BCUT2D eigenvalue weighted by molar-refractivity contribution is 0.262. The number of amides is 2. The predicted octanol–water partition coefficient (Wildman–Crippen LogP) is 5.33. The summed E-state index contributed by atoms with van der Waals surface area (Å²) >= 11 is 0. The van der Waals surface area contributed by atoms with Gasteiger partial charge in [-0.05, 0) is 42.3 Å². The van der Waals surface area contributed by atoms with Crippen molar-refractivity contribution in [2.75, 3.05) is 28.6 Å². The molecule has 1 aliphatic rings. The third-order valence-corrected chi connectivity index (χ3v) is 5.47. The van der Waals surface area contributed by atoms with Gasteiger partial charge in [0, 0.05) is 40.9 Å². The first-order chi connectivity index (χ1) is 14.8. The van der Waals surface area contributed by atoms with Gasteiger partial charge in [-0.25, -0.2) is 14.8 Å². The Kier molecular flexibility index (Phi) is 4.77. The van der Waals surface area contributed by atoms with Gasteiger partial charge in [-0.15, -0.1) is 0 Å². The van der Waals surface area contributed by atoms with Crippen molar-refractivity contribution in [1.29, 1.82) is 0 Å². The number of para-hydroxylation sites is 1. The summed E-state index contributed by atoms with van der Waals surface area (Å²) in [5.41, 5.74) is 3.63. The van der Waals surface area contributed by atoms with E-state index in [1.165, 1.54) is 5.56 Å². The number of carbonyl (C=O) groups excluding carboxylic acids is 1. The maximum atomic E-state index is 12.3. The molecule has 5 rings (SSSR count). The summed E-state index contributed by atoms with van der Waals surface area (Å²) in [4.78, 5) is 26.6. The van der Waals surface area contributed by atoms with Crippen LogP contribution in [0.4, 0.5) is 22.0 Å². The van der Waals surface area contributed by atoms with Crippen molar-refractivity contribution in [2.24, 2.45) is 0 Å². The van der Waals surface area contributed by atoms with E-state index in [9.17, 15) is 4.79 Å². The molecular formula is C23H28N6O. The van der Waals surface area contributed by atoms with Gasteiger partial charge in [0.25, 0.3) is 0 Å². The molecule has 0 bridgehead atoms. The quantitative estimate of drug-likeness (QED) is 0.429. The molecule has 2 aromatic heterocycles. The van der Waals surface area contributed by atoms with Crippen molar-refractivity contribution >= 4 is 34.3 Å². The zero-order valence-electron chi connectivity index (χ0n) is 16.4. The highest BCUT2D eigenvalue weighted by Gasteiger charge is 2.26. The van der Waals surface area contributed by atoms with E-state index in [4.69, 9.17) is 0 Å². The van der Waals surface area contributed by atoms with Crippen LogP contribution in [0.5, 0.6) is 0 Å². The second kappa shape index (κ2) is 7.87. The fourth-order valence-electron chi connectivity index (χ4n) is 4.02.